The summed E-state index contributed by atoms with van der Waals surface area (Å²) < 4.78 is 26.6. The van der Waals surface area contributed by atoms with E-state index in [4.69, 9.17) is 15.2 Å². The highest BCUT2D eigenvalue weighted by atomic mass is 19.1. The monoisotopic (exact) mass is 499 g/mol. The van der Waals surface area contributed by atoms with Crippen molar-refractivity contribution in [3.8, 4) is 11.8 Å². The van der Waals surface area contributed by atoms with Crippen molar-refractivity contribution >= 4 is 5.78 Å². The van der Waals surface area contributed by atoms with Gasteiger partial charge in [-0.2, -0.15) is 5.26 Å². The lowest BCUT2D eigenvalue weighted by Gasteiger charge is -2.37. The first kappa shape index (κ1) is 24.3. The van der Waals surface area contributed by atoms with Crippen molar-refractivity contribution < 1.29 is 18.7 Å². The molecule has 1 aliphatic heterocycles. The van der Waals surface area contributed by atoms with Crippen molar-refractivity contribution in [2.24, 2.45) is 11.1 Å². The number of hydrogen-bond acceptors (Lipinski definition) is 7. The second-order valence-electron chi connectivity index (χ2n) is 10.1. The summed E-state index contributed by atoms with van der Waals surface area (Å²) in [6.45, 7) is 4.62. The molecule has 188 valence electrons. The second-order valence-corrected chi connectivity index (χ2v) is 10.1. The molecule has 9 heteroatoms. The van der Waals surface area contributed by atoms with Crippen LogP contribution in [0.15, 0.2) is 77.5 Å². The lowest BCUT2D eigenvalue weighted by Crippen LogP contribution is -2.33. The molecule has 0 saturated heterocycles. The van der Waals surface area contributed by atoms with Crippen LogP contribution in [-0.2, 0) is 22.7 Å². The molecule has 37 heavy (non-hydrogen) atoms. The minimum absolute atomic E-state index is 0.0295. The number of carbonyl (C=O) groups excluding carboxylic acids is 1. The fourth-order valence-electron chi connectivity index (χ4n) is 4.84. The Morgan fingerprint density at radius 3 is 2.76 bits per heavy atom. The minimum Gasteiger partial charge on any atom is -0.487 e. The van der Waals surface area contributed by atoms with Crippen LogP contribution in [0.1, 0.15) is 49.4 Å². The molecule has 2 N–H and O–H groups in total. The first-order valence-electron chi connectivity index (χ1n) is 11.9. The number of nitrogens with two attached hydrogens (primary N) is 1. The van der Waals surface area contributed by atoms with Crippen LogP contribution in [0, 0.1) is 22.6 Å². The van der Waals surface area contributed by atoms with Gasteiger partial charge >= 0.3 is 0 Å². The number of aromatic nitrogens is 3. The van der Waals surface area contributed by atoms with Gasteiger partial charge in [-0.25, -0.2) is 9.07 Å². The molecule has 1 atom stereocenters. The van der Waals surface area contributed by atoms with Gasteiger partial charge in [0.2, 0.25) is 5.88 Å². The van der Waals surface area contributed by atoms with E-state index >= 15 is 0 Å². The maximum absolute atomic E-state index is 13.4. The summed E-state index contributed by atoms with van der Waals surface area (Å²) in [4.78, 5) is 13.1. The molecular weight excluding hydrogens is 473 g/mol. The Kier molecular flexibility index (Phi) is 6.25. The molecule has 0 spiro atoms. The second kappa shape index (κ2) is 9.54. The number of rotatable bonds is 6. The van der Waals surface area contributed by atoms with Crippen molar-refractivity contribution in [1.82, 2.24) is 15.0 Å². The lowest BCUT2D eigenvalue weighted by atomic mass is 9.70. The number of nitriles is 1. The van der Waals surface area contributed by atoms with Crippen LogP contribution in [0.25, 0.3) is 0 Å². The summed E-state index contributed by atoms with van der Waals surface area (Å²) in [6, 6.07) is 15.7. The van der Waals surface area contributed by atoms with Crippen LogP contribution in [0.5, 0.6) is 5.75 Å². The van der Waals surface area contributed by atoms with E-state index in [9.17, 15) is 14.4 Å². The van der Waals surface area contributed by atoms with Gasteiger partial charge in [0.25, 0.3) is 0 Å². The van der Waals surface area contributed by atoms with Crippen LogP contribution >= 0.6 is 0 Å². The van der Waals surface area contributed by atoms with Crippen LogP contribution in [0.3, 0.4) is 0 Å². The van der Waals surface area contributed by atoms with Crippen molar-refractivity contribution in [2.45, 2.75) is 45.8 Å². The molecule has 1 unspecified atom stereocenters. The Morgan fingerprint density at radius 1 is 1.24 bits per heavy atom. The van der Waals surface area contributed by atoms with Gasteiger partial charge in [-0.1, -0.05) is 43.3 Å². The molecule has 2 heterocycles. The summed E-state index contributed by atoms with van der Waals surface area (Å²) in [5.41, 5.74) is 8.76. The van der Waals surface area contributed by atoms with Gasteiger partial charge in [-0.05, 0) is 40.8 Å². The summed E-state index contributed by atoms with van der Waals surface area (Å²) >= 11 is 0. The van der Waals surface area contributed by atoms with E-state index < -0.39 is 5.92 Å². The summed E-state index contributed by atoms with van der Waals surface area (Å²) in [6.07, 6.45) is 2.70. The Labute approximate surface area is 213 Å². The van der Waals surface area contributed by atoms with Gasteiger partial charge in [0.15, 0.2) is 5.78 Å². The van der Waals surface area contributed by atoms with Gasteiger partial charge in [0, 0.05) is 18.4 Å². The van der Waals surface area contributed by atoms with E-state index in [1.807, 2.05) is 32.0 Å². The number of ether oxygens (including phenoxy) is 2. The topological polar surface area (TPSA) is 116 Å². The third-order valence-corrected chi connectivity index (χ3v) is 6.50. The normalized spacial score (nSPS) is 18.8. The Balaban J connectivity index is 1.30. The number of Topliss-reactive ketones (excluding diaryl/α,β-unsaturated/α-hetero) is 1. The molecule has 0 saturated carbocycles. The molecule has 5 rings (SSSR count). The number of carbonyl (C=O) groups is 1. The first-order valence-corrected chi connectivity index (χ1v) is 11.9. The summed E-state index contributed by atoms with van der Waals surface area (Å²) in [5, 5.41) is 18.0. The van der Waals surface area contributed by atoms with Crippen molar-refractivity contribution in [1.29, 1.82) is 5.26 Å². The van der Waals surface area contributed by atoms with E-state index in [-0.39, 0.29) is 35.1 Å². The number of allylic oxidation sites excluding steroid dienone is 3. The van der Waals surface area contributed by atoms with Gasteiger partial charge in [0.1, 0.15) is 41.3 Å². The van der Waals surface area contributed by atoms with Crippen LogP contribution in [0.4, 0.5) is 4.39 Å². The smallest absolute Gasteiger partial charge is 0.205 e. The molecule has 0 fully saturated rings. The van der Waals surface area contributed by atoms with Gasteiger partial charge < -0.3 is 15.2 Å². The van der Waals surface area contributed by atoms with Crippen molar-refractivity contribution in [3.63, 3.8) is 0 Å². The maximum Gasteiger partial charge on any atom is 0.205 e. The number of benzene rings is 2. The van der Waals surface area contributed by atoms with E-state index in [0.29, 0.717) is 42.2 Å². The number of halogens is 1. The zero-order chi connectivity index (χ0) is 26.2. The highest BCUT2D eigenvalue weighted by Gasteiger charge is 2.42. The number of ketones is 1. The molecule has 3 aromatic rings. The van der Waals surface area contributed by atoms with E-state index in [2.05, 4.69) is 16.4 Å². The average molecular weight is 500 g/mol. The fraction of sp³-hybridized carbons (Fsp3) is 0.286. The van der Waals surface area contributed by atoms with Crippen LogP contribution < -0.4 is 10.5 Å². The SMILES string of the molecule is CC1(C)CC(=O)C2=C(C1)OC(N)=C(C#N)C2c1ccc(OCc2cn(Cc3cccc(F)c3)nn2)cc1. The van der Waals surface area contributed by atoms with Crippen LogP contribution in [-0.4, -0.2) is 20.8 Å². The summed E-state index contributed by atoms with van der Waals surface area (Å²) in [7, 11) is 0. The zero-order valence-corrected chi connectivity index (χ0v) is 20.6. The molecule has 2 aromatic carbocycles. The zero-order valence-electron chi connectivity index (χ0n) is 20.6. The standard InChI is InChI=1S/C28H26FN5O3/c1-28(2)11-23(35)26-24(12-28)37-27(31)22(13-30)25(26)18-6-8-21(9-7-18)36-16-20-15-34(33-32-20)14-17-4-3-5-19(29)10-17/h3-10,15,25H,11-12,14,16,31H2,1-2H3. The van der Waals surface area contributed by atoms with Gasteiger partial charge in [0.05, 0.1) is 18.7 Å². The molecule has 0 amide bonds. The van der Waals surface area contributed by atoms with E-state index in [1.165, 1.54) is 12.1 Å². The fourth-order valence-corrected chi connectivity index (χ4v) is 4.84. The molecule has 1 aromatic heterocycles. The highest BCUT2D eigenvalue weighted by Crippen LogP contribution is 2.47. The molecule has 1 aliphatic carbocycles. The molecule has 2 aliphatic rings. The minimum atomic E-state index is -0.575. The Bertz CT molecular complexity index is 1460. The molecular formula is C28H26FN5O3. The first-order chi connectivity index (χ1) is 17.7. The van der Waals surface area contributed by atoms with Gasteiger partial charge in [-0.3, -0.25) is 4.79 Å². The van der Waals surface area contributed by atoms with Crippen LogP contribution in [0.2, 0.25) is 0 Å². The van der Waals surface area contributed by atoms with Gasteiger partial charge in [-0.15, -0.1) is 5.10 Å². The third kappa shape index (κ3) is 5.09. The molecule has 0 radical (unpaired) electrons. The largest absolute Gasteiger partial charge is 0.487 e. The third-order valence-electron chi connectivity index (χ3n) is 6.50. The Hall–Kier alpha value is -4.45. The molecule has 0 bridgehead atoms. The van der Waals surface area contributed by atoms with Crippen molar-refractivity contribution in [3.05, 3.63) is 100 Å². The lowest BCUT2D eigenvalue weighted by molar-refractivity contribution is -0.119. The van der Waals surface area contributed by atoms with Crippen molar-refractivity contribution in [2.75, 3.05) is 0 Å². The van der Waals surface area contributed by atoms with E-state index in [1.54, 1.807) is 29.1 Å². The number of nitrogens with zero attached hydrogens (tertiary/aromatic N) is 4. The average Bonchev–Trinajstić information content (AvgIpc) is 3.28. The predicted octanol–water partition coefficient (Wildman–Crippen LogP) is 4.50. The molecule has 8 nitrogen and oxygen atoms in total. The maximum atomic E-state index is 13.4. The number of hydrogen-bond donors (Lipinski definition) is 1. The summed E-state index contributed by atoms with van der Waals surface area (Å²) in [5.74, 6) is 0.279. The Morgan fingerprint density at radius 2 is 2.03 bits per heavy atom. The predicted molar refractivity (Wildman–Crippen MR) is 132 cm³/mol. The highest BCUT2D eigenvalue weighted by molar-refractivity contribution is 6.00. The quantitative estimate of drug-likeness (QED) is 0.531. The van der Waals surface area contributed by atoms with E-state index in [0.717, 1.165) is 11.1 Å².